The lowest BCUT2D eigenvalue weighted by Gasteiger charge is -2.19. The molecule has 0 aliphatic carbocycles. The van der Waals surface area contributed by atoms with Gasteiger partial charge in [0.1, 0.15) is 6.04 Å². The van der Waals surface area contributed by atoms with Gasteiger partial charge in [-0.2, -0.15) is 4.68 Å². The molecule has 3 aromatic heterocycles. The first-order valence-corrected chi connectivity index (χ1v) is 10.8. The maximum atomic E-state index is 5.67. The molecule has 4 rings (SSSR count). The lowest BCUT2D eigenvalue weighted by atomic mass is 10.3. The lowest BCUT2D eigenvalue weighted by molar-refractivity contribution is -0.933. The van der Waals surface area contributed by atoms with Crippen LogP contribution in [-0.4, -0.2) is 26.8 Å². The summed E-state index contributed by atoms with van der Waals surface area (Å²) in [6.45, 7) is 4.79. The van der Waals surface area contributed by atoms with Gasteiger partial charge >= 0.3 is 0 Å². The van der Waals surface area contributed by atoms with Crippen LogP contribution >= 0.6 is 34.9 Å². The number of quaternary nitrogens is 1. The molecule has 27 heavy (non-hydrogen) atoms. The molecule has 9 heteroatoms. The Kier molecular flexibility index (Phi) is 5.18. The fourth-order valence-electron chi connectivity index (χ4n) is 2.82. The molecule has 4 aromatic rings. The second kappa shape index (κ2) is 7.59. The van der Waals surface area contributed by atoms with Gasteiger partial charge in [-0.3, -0.25) is 0 Å². The van der Waals surface area contributed by atoms with Crippen molar-refractivity contribution in [2.75, 3.05) is 7.05 Å². The van der Waals surface area contributed by atoms with Crippen LogP contribution < -0.4 is 4.90 Å². The number of benzene rings is 1. The van der Waals surface area contributed by atoms with Gasteiger partial charge in [-0.15, -0.1) is 27.8 Å². The Morgan fingerprint density at radius 3 is 2.85 bits per heavy atom. The van der Waals surface area contributed by atoms with E-state index in [0.29, 0.717) is 23.8 Å². The number of rotatable bonds is 6. The van der Waals surface area contributed by atoms with Crippen LogP contribution in [0.1, 0.15) is 34.6 Å². The Hall–Kier alpha value is -1.94. The van der Waals surface area contributed by atoms with Crippen LogP contribution in [0.2, 0.25) is 0 Å². The fraction of sp³-hybridized carbons (Fsp3) is 0.333. The van der Waals surface area contributed by atoms with E-state index < -0.39 is 0 Å². The number of hydrogen-bond donors (Lipinski definition) is 1. The molecule has 0 aliphatic rings. The highest BCUT2D eigenvalue weighted by molar-refractivity contribution is 7.71. The topological polar surface area (TPSA) is 61.2 Å². The molecule has 0 spiro atoms. The van der Waals surface area contributed by atoms with Gasteiger partial charge in [-0.05, 0) is 38.2 Å². The smallest absolute Gasteiger partial charge is 0.291 e. The van der Waals surface area contributed by atoms with Gasteiger partial charge in [-0.25, -0.2) is 9.97 Å². The zero-order chi connectivity index (χ0) is 19.0. The Balaban J connectivity index is 1.48. The van der Waals surface area contributed by atoms with E-state index in [0.717, 1.165) is 21.2 Å². The van der Waals surface area contributed by atoms with Crippen molar-refractivity contribution >= 4 is 45.1 Å². The summed E-state index contributed by atoms with van der Waals surface area (Å²) in [5.41, 5.74) is 2.01. The molecule has 0 bridgehead atoms. The second-order valence-electron chi connectivity index (χ2n) is 6.54. The fourth-order valence-corrected chi connectivity index (χ4v) is 4.75. The highest BCUT2D eigenvalue weighted by atomic mass is 32.1. The van der Waals surface area contributed by atoms with E-state index in [1.54, 1.807) is 27.4 Å². The molecule has 0 radical (unpaired) electrons. The Morgan fingerprint density at radius 2 is 2.11 bits per heavy atom. The molecule has 1 unspecified atom stereocenters. The number of thiazole rings is 2. The minimum Gasteiger partial charge on any atom is -0.413 e. The predicted octanol–water partition coefficient (Wildman–Crippen LogP) is 3.40. The van der Waals surface area contributed by atoms with E-state index in [1.165, 1.54) is 9.60 Å². The summed E-state index contributed by atoms with van der Waals surface area (Å²) < 4.78 is 8.63. The van der Waals surface area contributed by atoms with E-state index in [1.807, 2.05) is 24.4 Å². The maximum Gasteiger partial charge on any atom is 0.291 e. The largest absolute Gasteiger partial charge is 0.413 e. The molecule has 1 aromatic carbocycles. The zero-order valence-electron chi connectivity index (χ0n) is 15.3. The van der Waals surface area contributed by atoms with Crippen molar-refractivity contribution in [3.05, 3.63) is 56.1 Å². The van der Waals surface area contributed by atoms with Crippen molar-refractivity contribution in [2.24, 2.45) is 0 Å². The molecule has 0 saturated carbocycles. The van der Waals surface area contributed by atoms with Crippen LogP contribution in [-0.2, 0) is 13.1 Å². The number of para-hydroxylation sites is 1. The van der Waals surface area contributed by atoms with E-state index in [4.69, 9.17) is 21.6 Å². The quantitative estimate of drug-likeness (QED) is 0.486. The molecular weight excluding hydrogens is 398 g/mol. The minimum absolute atomic E-state index is 0.227. The first-order chi connectivity index (χ1) is 13.0. The van der Waals surface area contributed by atoms with Gasteiger partial charge in [0.25, 0.3) is 4.84 Å². The first kappa shape index (κ1) is 18.4. The van der Waals surface area contributed by atoms with Crippen LogP contribution in [0.15, 0.2) is 34.1 Å². The monoisotopic (exact) mass is 418 g/mol. The molecule has 0 aliphatic heterocycles. The molecule has 3 heterocycles. The van der Waals surface area contributed by atoms with E-state index in [2.05, 4.69) is 36.2 Å². The van der Waals surface area contributed by atoms with Crippen LogP contribution in [0, 0.1) is 11.8 Å². The molecule has 1 N–H and O–H groups in total. The van der Waals surface area contributed by atoms with Crippen LogP contribution in [0.3, 0.4) is 0 Å². The summed E-state index contributed by atoms with van der Waals surface area (Å²) in [5.74, 6) is 0.603. The number of aryl methyl sites for hydroxylation is 1. The highest BCUT2D eigenvalue weighted by Crippen LogP contribution is 2.24. The molecule has 0 fully saturated rings. The third-order valence-corrected chi connectivity index (χ3v) is 6.80. The van der Waals surface area contributed by atoms with Gasteiger partial charge in [0.2, 0.25) is 5.89 Å². The summed E-state index contributed by atoms with van der Waals surface area (Å²) in [7, 11) is 2.12. The minimum atomic E-state index is 0.227. The molecule has 6 nitrogen and oxygen atoms in total. The average molecular weight is 419 g/mol. The summed E-state index contributed by atoms with van der Waals surface area (Å²) >= 11 is 8.72. The number of nitrogens with one attached hydrogen (secondary N) is 1. The molecule has 2 atom stereocenters. The predicted molar refractivity (Wildman–Crippen MR) is 110 cm³/mol. The SMILES string of the molecule is Cc1nc(Cc2nn(C[NH+](C)[C@@H](C)c3nc4ccccc4s3)c(=S)o2)cs1. The Morgan fingerprint density at radius 1 is 1.30 bits per heavy atom. The maximum absolute atomic E-state index is 5.67. The number of hydrogen-bond acceptors (Lipinski definition) is 7. The third-order valence-electron chi connectivity index (χ3n) is 4.47. The van der Waals surface area contributed by atoms with Gasteiger partial charge in [0.05, 0.1) is 34.4 Å². The van der Waals surface area contributed by atoms with Crippen molar-refractivity contribution in [3.63, 3.8) is 0 Å². The molecular formula is C18H20N5OS3+. The van der Waals surface area contributed by atoms with Crippen molar-refractivity contribution in [2.45, 2.75) is 33.0 Å². The summed E-state index contributed by atoms with van der Waals surface area (Å²) in [5, 5.41) is 8.72. The third kappa shape index (κ3) is 4.01. The van der Waals surface area contributed by atoms with Crippen molar-refractivity contribution < 1.29 is 9.32 Å². The van der Waals surface area contributed by atoms with Crippen LogP contribution in [0.5, 0.6) is 0 Å². The zero-order valence-corrected chi connectivity index (χ0v) is 17.7. The van der Waals surface area contributed by atoms with Gasteiger partial charge < -0.3 is 9.32 Å². The van der Waals surface area contributed by atoms with Crippen molar-refractivity contribution in [1.82, 2.24) is 19.7 Å². The lowest BCUT2D eigenvalue weighted by Crippen LogP contribution is -3.08. The van der Waals surface area contributed by atoms with E-state index in [-0.39, 0.29) is 6.04 Å². The Labute approximate surface area is 170 Å². The summed E-state index contributed by atoms with van der Waals surface area (Å²) in [6, 6.07) is 8.46. The number of nitrogens with zero attached hydrogens (tertiary/aromatic N) is 4. The molecule has 140 valence electrons. The van der Waals surface area contributed by atoms with Gasteiger partial charge in [0, 0.05) is 5.38 Å². The van der Waals surface area contributed by atoms with Gasteiger partial charge in [0.15, 0.2) is 11.7 Å². The normalized spacial score (nSPS) is 13.9. The molecule has 0 amide bonds. The van der Waals surface area contributed by atoms with Gasteiger partial charge in [-0.1, -0.05) is 12.1 Å². The highest BCUT2D eigenvalue weighted by Gasteiger charge is 2.21. The first-order valence-electron chi connectivity index (χ1n) is 8.65. The van der Waals surface area contributed by atoms with E-state index in [9.17, 15) is 0 Å². The number of aromatic nitrogens is 4. The van der Waals surface area contributed by atoms with Crippen LogP contribution in [0.4, 0.5) is 0 Å². The average Bonchev–Trinajstić information content (AvgIpc) is 3.33. The number of fused-ring (bicyclic) bond motifs is 1. The van der Waals surface area contributed by atoms with Crippen molar-refractivity contribution in [1.29, 1.82) is 0 Å². The van der Waals surface area contributed by atoms with Crippen LogP contribution in [0.25, 0.3) is 10.2 Å². The standard InChI is InChI=1S/C18H19N5OS3/c1-11(17-20-14-6-4-5-7-15(14)27-17)22(3)10-23-18(25)24-16(21-23)8-13-9-26-12(2)19-13/h4-7,9,11H,8,10H2,1-3H3/p+1/t11-/m0/s1. The second-order valence-corrected chi connectivity index (χ2v) is 9.02. The molecule has 0 saturated heterocycles. The van der Waals surface area contributed by atoms with Crippen molar-refractivity contribution in [3.8, 4) is 0 Å². The van der Waals surface area contributed by atoms with E-state index >= 15 is 0 Å². The summed E-state index contributed by atoms with van der Waals surface area (Å²) in [6.07, 6.45) is 0.563. The summed E-state index contributed by atoms with van der Waals surface area (Å²) in [4.78, 5) is 10.9. The Bertz CT molecular complexity index is 1090.